The fourth-order valence-electron chi connectivity index (χ4n) is 1.60. The summed E-state index contributed by atoms with van der Waals surface area (Å²) in [4.78, 5) is 4.18. The Bertz CT molecular complexity index is 385. The third-order valence-electron chi connectivity index (χ3n) is 2.31. The van der Waals surface area contributed by atoms with Crippen LogP contribution in [-0.2, 0) is 4.74 Å². The summed E-state index contributed by atoms with van der Waals surface area (Å²) in [5.41, 5.74) is 6.56. The van der Waals surface area contributed by atoms with E-state index in [9.17, 15) is 0 Å². The maximum Gasteiger partial charge on any atom is 0.282 e. The first-order chi connectivity index (χ1) is 7.65. The van der Waals surface area contributed by atoms with E-state index in [2.05, 4.69) is 4.99 Å². The molecular formula is C12H16N2O2. The van der Waals surface area contributed by atoms with Crippen LogP contribution in [-0.4, -0.2) is 18.7 Å². The van der Waals surface area contributed by atoms with Crippen molar-refractivity contribution in [2.24, 2.45) is 10.7 Å². The van der Waals surface area contributed by atoms with Gasteiger partial charge in [-0.15, -0.1) is 0 Å². The van der Waals surface area contributed by atoms with Gasteiger partial charge in [0, 0.05) is 0 Å². The smallest absolute Gasteiger partial charge is 0.282 e. The first-order valence-corrected chi connectivity index (χ1v) is 5.38. The minimum Gasteiger partial charge on any atom is -0.491 e. The number of benzene rings is 1. The van der Waals surface area contributed by atoms with Crippen molar-refractivity contribution in [3.63, 3.8) is 0 Å². The van der Waals surface area contributed by atoms with Gasteiger partial charge < -0.3 is 15.2 Å². The standard InChI is InChI=1S/C12H16N2O2/c1-8(2)16-10-5-3-9(4-6-10)11-7-15-12(13)14-11/h3-6,8,11H,7H2,1-2H3,(H2,13,14). The number of hydrogen-bond acceptors (Lipinski definition) is 4. The van der Waals surface area contributed by atoms with Gasteiger partial charge in [0.25, 0.3) is 6.02 Å². The van der Waals surface area contributed by atoms with Gasteiger partial charge in [-0.1, -0.05) is 12.1 Å². The number of rotatable bonds is 3. The fourth-order valence-corrected chi connectivity index (χ4v) is 1.60. The molecule has 1 aliphatic heterocycles. The molecule has 0 aliphatic carbocycles. The molecule has 1 aromatic carbocycles. The maximum atomic E-state index is 5.56. The molecule has 1 aromatic rings. The molecular weight excluding hydrogens is 204 g/mol. The summed E-state index contributed by atoms with van der Waals surface area (Å²) in [7, 11) is 0. The normalized spacial score (nSPS) is 19.4. The Labute approximate surface area is 95.1 Å². The molecule has 2 rings (SSSR count). The average Bonchev–Trinajstić information content (AvgIpc) is 2.65. The average molecular weight is 220 g/mol. The topological polar surface area (TPSA) is 56.8 Å². The van der Waals surface area contributed by atoms with E-state index in [1.807, 2.05) is 38.1 Å². The molecule has 1 aliphatic rings. The zero-order valence-corrected chi connectivity index (χ0v) is 9.51. The molecule has 0 bridgehead atoms. The summed E-state index contributed by atoms with van der Waals surface area (Å²) in [6, 6.07) is 8.17. The summed E-state index contributed by atoms with van der Waals surface area (Å²) in [6.45, 7) is 4.53. The minimum atomic E-state index is 0.0214. The Kier molecular flexibility index (Phi) is 2.99. The Morgan fingerprint density at radius 1 is 1.38 bits per heavy atom. The lowest BCUT2D eigenvalue weighted by Crippen LogP contribution is -2.10. The lowest BCUT2D eigenvalue weighted by molar-refractivity contribution is 0.242. The summed E-state index contributed by atoms with van der Waals surface area (Å²) in [6.07, 6.45) is 0.189. The lowest BCUT2D eigenvalue weighted by atomic mass is 10.1. The third kappa shape index (κ3) is 2.45. The van der Waals surface area contributed by atoms with Crippen LogP contribution >= 0.6 is 0 Å². The zero-order chi connectivity index (χ0) is 11.5. The van der Waals surface area contributed by atoms with Crippen LogP contribution in [0.1, 0.15) is 25.5 Å². The monoisotopic (exact) mass is 220 g/mol. The molecule has 0 saturated carbocycles. The van der Waals surface area contributed by atoms with Crippen molar-refractivity contribution in [1.29, 1.82) is 0 Å². The zero-order valence-electron chi connectivity index (χ0n) is 9.51. The van der Waals surface area contributed by atoms with Gasteiger partial charge in [0.05, 0.1) is 6.10 Å². The first-order valence-electron chi connectivity index (χ1n) is 5.38. The largest absolute Gasteiger partial charge is 0.491 e. The van der Waals surface area contributed by atoms with E-state index in [1.165, 1.54) is 0 Å². The second kappa shape index (κ2) is 4.43. The third-order valence-corrected chi connectivity index (χ3v) is 2.31. The lowest BCUT2D eigenvalue weighted by Gasteiger charge is -2.11. The van der Waals surface area contributed by atoms with Crippen LogP contribution in [0.3, 0.4) is 0 Å². The van der Waals surface area contributed by atoms with E-state index in [0.717, 1.165) is 11.3 Å². The molecule has 0 radical (unpaired) electrons. The summed E-state index contributed by atoms with van der Waals surface area (Å²) < 4.78 is 10.7. The quantitative estimate of drug-likeness (QED) is 0.845. The van der Waals surface area contributed by atoms with Gasteiger partial charge in [-0.05, 0) is 31.5 Å². The minimum absolute atomic E-state index is 0.0214. The molecule has 4 nitrogen and oxygen atoms in total. The Balaban J connectivity index is 2.07. The Hall–Kier alpha value is -1.71. The van der Waals surface area contributed by atoms with E-state index < -0.39 is 0 Å². The van der Waals surface area contributed by atoms with Gasteiger partial charge in [0.15, 0.2) is 0 Å². The SMILES string of the molecule is CC(C)Oc1ccc(C2COC(N)=N2)cc1. The summed E-state index contributed by atoms with van der Waals surface area (Å²) in [5.74, 6) is 0.870. The molecule has 0 spiro atoms. The highest BCUT2D eigenvalue weighted by Crippen LogP contribution is 2.24. The second-order valence-corrected chi connectivity index (χ2v) is 4.03. The number of aliphatic imine (C=N–C) groups is 1. The number of nitrogens with two attached hydrogens (primary N) is 1. The van der Waals surface area contributed by atoms with Crippen molar-refractivity contribution >= 4 is 6.02 Å². The summed E-state index contributed by atoms with van der Waals surface area (Å²) >= 11 is 0. The van der Waals surface area contributed by atoms with Crippen LogP contribution < -0.4 is 10.5 Å². The molecule has 86 valence electrons. The van der Waals surface area contributed by atoms with E-state index in [4.69, 9.17) is 15.2 Å². The second-order valence-electron chi connectivity index (χ2n) is 4.03. The van der Waals surface area contributed by atoms with E-state index in [1.54, 1.807) is 0 Å². The van der Waals surface area contributed by atoms with Gasteiger partial charge in [0.2, 0.25) is 0 Å². The molecule has 16 heavy (non-hydrogen) atoms. The molecule has 0 saturated heterocycles. The van der Waals surface area contributed by atoms with Crippen molar-refractivity contribution in [2.45, 2.75) is 26.0 Å². The van der Waals surface area contributed by atoms with E-state index >= 15 is 0 Å². The highest BCUT2D eigenvalue weighted by atomic mass is 16.5. The predicted molar refractivity (Wildman–Crippen MR) is 62.5 cm³/mol. The van der Waals surface area contributed by atoms with Gasteiger partial charge >= 0.3 is 0 Å². The molecule has 1 unspecified atom stereocenters. The van der Waals surface area contributed by atoms with E-state index in [-0.39, 0.29) is 18.2 Å². The molecule has 0 amide bonds. The van der Waals surface area contributed by atoms with Crippen LogP contribution in [0.2, 0.25) is 0 Å². The van der Waals surface area contributed by atoms with Crippen molar-refractivity contribution in [2.75, 3.05) is 6.61 Å². The van der Waals surface area contributed by atoms with Crippen LogP contribution in [0.25, 0.3) is 0 Å². The predicted octanol–water partition coefficient (Wildman–Crippen LogP) is 1.86. The molecule has 2 N–H and O–H groups in total. The van der Waals surface area contributed by atoms with Crippen LogP contribution in [0.5, 0.6) is 5.75 Å². The first kappa shape index (κ1) is 10.8. The number of nitrogens with zero attached hydrogens (tertiary/aromatic N) is 1. The van der Waals surface area contributed by atoms with Crippen LogP contribution in [0.4, 0.5) is 0 Å². The van der Waals surface area contributed by atoms with Crippen molar-refractivity contribution in [3.8, 4) is 5.75 Å². The van der Waals surface area contributed by atoms with Crippen molar-refractivity contribution in [3.05, 3.63) is 29.8 Å². The molecule has 4 heteroatoms. The van der Waals surface area contributed by atoms with Gasteiger partial charge in [-0.2, -0.15) is 0 Å². The Morgan fingerprint density at radius 2 is 2.06 bits per heavy atom. The van der Waals surface area contributed by atoms with Crippen molar-refractivity contribution in [1.82, 2.24) is 0 Å². The van der Waals surface area contributed by atoms with Crippen molar-refractivity contribution < 1.29 is 9.47 Å². The molecule has 0 fully saturated rings. The number of ether oxygens (including phenoxy) is 2. The number of amidine groups is 1. The van der Waals surface area contributed by atoms with Crippen LogP contribution in [0.15, 0.2) is 29.3 Å². The maximum absolute atomic E-state index is 5.56. The molecule has 1 heterocycles. The molecule has 1 atom stereocenters. The van der Waals surface area contributed by atoms with Crippen LogP contribution in [0, 0.1) is 0 Å². The van der Waals surface area contributed by atoms with E-state index in [0.29, 0.717) is 6.61 Å². The van der Waals surface area contributed by atoms with Gasteiger partial charge in [-0.25, -0.2) is 4.99 Å². The fraction of sp³-hybridized carbons (Fsp3) is 0.417. The summed E-state index contributed by atoms with van der Waals surface area (Å²) in [5, 5.41) is 0. The highest BCUT2D eigenvalue weighted by Gasteiger charge is 2.18. The van der Waals surface area contributed by atoms with Gasteiger partial charge in [0.1, 0.15) is 18.4 Å². The molecule has 0 aromatic heterocycles. The highest BCUT2D eigenvalue weighted by molar-refractivity contribution is 5.73. The number of hydrogen-bond donors (Lipinski definition) is 1. The Morgan fingerprint density at radius 3 is 2.56 bits per heavy atom. The van der Waals surface area contributed by atoms with Gasteiger partial charge in [-0.3, -0.25) is 0 Å².